The van der Waals surface area contributed by atoms with E-state index in [0.29, 0.717) is 19.4 Å². The Bertz CT molecular complexity index is 429. The predicted molar refractivity (Wildman–Crippen MR) is 70.4 cm³/mol. The van der Waals surface area contributed by atoms with E-state index in [1.807, 2.05) is 6.92 Å². The summed E-state index contributed by atoms with van der Waals surface area (Å²) in [6.07, 6.45) is 4.37. The fourth-order valence-corrected chi connectivity index (χ4v) is 2.19. The van der Waals surface area contributed by atoms with Crippen molar-refractivity contribution in [2.75, 3.05) is 6.54 Å². The van der Waals surface area contributed by atoms with Gasteiger partial charge in [0.15, 0.2) is 0 Å². The first kappa shape index (κ1) is 16.5. The quantitative estimate of drug-likeness (QED) is 0.525. The Morgan fingerprint density at radius 3 is 2.50 bits per heavy atom. The van der Waals surface area contributed by atoms with E-state index >= 15 is 0 Å². The van der Waals surface area contributed by atoms with Crippen molar-refractivity contribution < 1.29 is 27.3 Å². The summed E-state index contributed by atoms with van der Waals surface area (Å²) in [7, 11) is 0. The molecule has 0 spiro atoms. The molecule has 1 N–H and O–H groups in total. The second-order valence-electron chi connectivity index (χ2n) is 4.46. The molecule has 0 fully saturated rings. The Morgan fingerprint density at radius 1 is 1.40 bits per heavy atom. The molecule has 0 aliphatic carbocycles. The molecular weight excluding hydrogens is 286 g/mol. The van der Waals surface area contributed by atoms with Gasteiger partial charge in [-0.2, -0.15) is 4.21 Å². The maximum Gasteiger partial charge on any atom is 0.360 e. The third-order valence-electron chi connectivity index (χ3n) is 3.08. The Kier molecular flexibility index (Phi) is 6.53. The molecule has 1 rings (SSSR count). The van der Waals surface area contributed by atoms with E-state index in [2.05, 4.69) is 4.18 Å². The second-order valence-corrected chi connectivity index (χ2v) is 5.06. The van der Waals surface area contributed by atoms with Gasteiger partial charge in [-0.3, -0.25) is 23.8 Å². The third-order valence-corrected chi connectivity index (χ3v) is 3.40. The van der Waals surface area contributed by atoms with Gasteiger partial charge in [0.2, 0.25) is 0 Å². The van der Waals surface area contributed by atoms with Crippen LogP contribution in [-0.2, 0) is 29.9 Å². The number of carbonyl (C=O) groups excluding carboxylic acids is 3. The van der Waals surface area contributed by atoms with E-state index in [1.54, 1.807) is 0 Å². The molecule has 0 radical (unpaired) electrons. The van der Waals surface area contributed by atoms with Crippen molar-refractivity contribution in [3.05, 3.63) is 12.2 Å². The molecule has 7 nitrogen and oxygen atoms in total. The Morgan fingerprint density at radius 2 is 2.00 bits per heavy atom. The zero-order valence-electron chi connectivity index (χ0n) is 11.1. The summed E-state index contributed by atoms with van der Waals surface area (Å²) in [5, 5.41) is 0. The molecule has 112 valence electrons. The lowest BCUT2D eigenvalue weighted by Gasteiger charge is -2.21. The van der Waals surface area contributed by atoms with Crippen molar-refractivity contribution in [3.8, 4) is 0 Å². The Labute approximate surface area is 119 Å². The summed E-state index contributed by atoms with van der Waals surface area (Å²) in [5.41, 5.74) is 0. The molecule has 20 heavy (non-hydrogen) atoms. The number of carbonyl (C=O) groups is 3. The van der Waals surface area contributed by atoms with Gasteiger partial charge in [0, 0.05) is 25.1 Å². The van der Waals surface area contributed by atoms with Gasteiger partial charge < -0.3 is 4.18 Å². The van der Waals surface area contributed by atoms with E-state index in [1.165, 1.54) is 17.1 Å². The number of amides is 2. The van der Waals surface area contributed by atoms with Crippen LogP contribution in [0.4, 0.5) is 0 Å². The lowest BCUT2D eigenvalue weighted by molar-refractivity contribution is -0.138. The highest BCUT2D eigenvalue weighted by Gasteiger charge is 2.25. The van der Waals surface area contributed by atoms with Crippen molar-refractivity contribution in [1.29, 1.82) is 0 Å². The summed E-state index contributed by atoms with van der Waals surface area (Å²) in [6, 6.07) is 0. The monoisotopic (exact) mass is 303 g/mol. The molecule has 0 aromatic rings. The average molecular weight is 303 g/mol. The smallest absolute Gasteiger partial charge is 0.343 e. The molecule has 1 heterocycles. The van der Waals surface area contributed by atoms with Gasteiger partial charge in [0.05, 0.1) is 0 Å². The first-order chi connectivity index (χ1) is 9.43. The van der Waals surface area contributed by atoms with Gasteiger partial charge in [-0.25, -0.2) is 0 Å². The maximum absolute atomic E-state index is 11.4. The summed E-state index contributed by atoms with van der Waals surface area (Å²) in [4.78, 5) is 35.1. The highest BCUT2D eigenvalue weighted by Crippen LogP contribution is 2.17. The molecular formula is C12H17NO6S. The van der Waals surface area contributed by atoms with E-state index < -0.39 is 17.3 Å². The normalized spacial score (nSPS) is 17.4. The molecule has 2 amide bonds. The van der Waals surface area contributed by atoms with Crippen LogP contribution in [0.3, 0.4) is 0 Å². The average Bonchev–Trinajstić information content (AvgIpc) is 2.68. The van der Waals surface area contributed by atoms with Gasteiger partial charge in [-0.15, -0.1) is 0 Å². The van der Waals surface area contributed by atoms with Crippen LogP contribution in [0.2, 0.25) is 0 Å². The second kappa shape index (κ2) is 7.91. The zero-order chi connectivity index (χ0) is 15.1. The van der Waals surface area contributed by atoms with Crippen LogP contribution < -0.4 is 0 Å². The van der Waals surface area contributed by atoms with Crippen molar-refractivity contribution >= 4 is 29.1 Å². The first-order valence-electron chi connectivity index (χ1n) is 6.29. The van der Waals surface area contributed by atoms with Gasteiger partial charge >= 0.3 is 17.3 Å². The highest BCUT2D eigenvalue weighted by molar-refractivity contribution is 7.74. The van der Waals surface area contributed by atoms with Gasteiger partial charge in [0.1, 0.15) is 0 Å². The van der Waals surface area contributed by atoms with E-state index in [0.717, 1.165) is 6.42 Å². The Hall–Kier alpha value is -1.54. The number of hydrogen-bond acceptors (Lipinski definition) is 5. The first-order valence-corrected chi connectivity index (χ1v) is 7.32. The van der Waals surface area contributed by atoms with Crippen LogP contribution in [0.5, 0.6) is 0 Å². The minimum Gasteiger partial charge on any atom is -0.343 e. The molecule has 0 bridgehead atoms. The van der Waals surface area contributed by atoms with Crippen molar-refractivity contribution in [2.45, 2.75) is 32.6 Å². The molecule has 2 atom stereocenters. The van der Waals surface area contributed by atoms with E-state index in [4.69, 9.17) is 4.55 Å². The standard InChI is InChI=1S/C12H17NO6S/c1-2-9(4-3-5-12(16)19-20(17)18)8-13-10(14)6-7-11(13)15/h6-7,9H,2-5,8H2,1H3,(H,17,18). The van der Waals surface area contributed by atoms with Crippen LogP contribution >= 0.6 is 0 Å². The fourth-order valence-electron chi connectivity index (χ4n) is 1.95. The molecule has 8 heteroatoms. The molecule has 0 saturated carbocycles. The third kappa shape index (κ3) is 5.22. The number of hydrogen-bond donors (Lipinski definition) is 1. The summed E-state index contributed by atoms with van der Waals surface area (Å²) >= 11 is -2.58. The van der Waals surface area contributed by atoms with E-state index in [9.17, 15) is 18.6 Å². The predicted octanol–water partition coefficient (Wildman–Crippen LogP) is 0.788. The molecule has 1 aliphatic rings. The van der Waals surface area contributed by atoms with Gasteiger partial charge in [-0.05, 0) is 18.8 Å². The van der Waals surface area contributed by atoms with Crippen molar-refractivity contribution in [3.63, 3.8) is 0 Å². The topological polar surface area (TPSA) is 101 Å². The van der Waals surface area contributed by atoms with Crippen LogP contribution in [0.25, 0.3) is 0 Å². The van der Waals surface area contributed by atoms with Crippen LogP contribution in [0, 0.1) is 5.92 Å². The molecule has 2 unspecified atom stereocenters. The van der Waals surface area contributed by atoms with Crippen LogP contribution in [-0.4, -0.2) is 38.0 Å². The molecule has 0 aromatic heterocycles. The minimum atomic E-state index is -2.58. The Balaban J connectivity index is 2.33. The maximum atomic E-state index is 11.4. The summed E-state index contributed by atoms with van der Waals surface area (Å²) in [5.74, 6) is -1.28. The van der Waals surface area contributed by atoms with Crippen LogP contribution in [0.1, 0.15) is 32.6 Å². The molecule has 1 aliphatic heterocycles. The minimum absolute atomic E-state index is 0.0307. The molecule has 0 aromatic carbocycles. The van der Waals surface area contributed by atoms with Gasteiger partial charge in [-0.1, -0.05) is 13.3 Å². The molecule has 0 saturated heterocycles. The SMILES string of the molecule is CCC(CCCC(=O)OS(=O)O)CN1C(=O)C=CC1=O. The van der Waals surface area contributed by atoms with Crippen molar-refractivity contribution in [1.82, 2.24) is 4.90 Å². The number of nitrogens with zero attached hydrogens (tertiary/aromatic N) is 1. The lowest BCUT2D eigenvalue weighted by atomic mass is 9.98. The summed E-state index contributed by atoms with van der Waals surface area (Å²) < 4.78 is 22.7. The van der Waals surface area contributed by atoms with Crippen LogP contribution in [0.15, 0.2) is 12.2 Å². The number of imide groups is 1. The lowest BCUT2D eigenvalue weighted by Crippen LogP contribution is -2.34. The zero-order valence-corrected chi connectivity index (χ0v) is 11.9. The fraction of sp³-hybridized carbons (Fsp3) is 0.583. The highest BCUT2D eigenvalue weighted by atomic mass is 32.2. The van der Waals surface area contributed by atoms with Gasteiger partial charge in [0.25, 0.3) is 11.8 Å². The van der Waals surface area contributed by atoms with Crippen molar-refractivity contribution in [2.24, 2.45) is 5.92 Å². The largest absolute Gasteiger partial charge is 0.360 e. The summed E-state index contributed by atoms with van der Waals surface area (Å²) in [6.45, 7) is 2.26. The van der Waals surface area contributed by atoms with E-state index in [-0.39, 0.29) is 24.2 Å². The number of rotatable bonds is 8.